The summed E-state index contributed by atoms with van der Waals surface area (Å²) < 4.78 is 12.8. The van der Waals surface area contributed by atoms with Gasteiger partial charge in [-0.3, -0.25) is 9.36 Å². The number of carbonyl (C=O) groups excluding carboxylic acids is 1. The van der Waals surface area contributed by atoms with Gasteiger partial charge in [0.05, 0.1) is 0 Å². The third kappa shape index (κ3) is 4.16. The molecule has 2 aliphatic heterocycles. The fourth-order valence-corrected chi connectivity index (χ4v) is 3.93. The average Bonchev–Trinajstić information content (AvgIpc) is 3.30. The van der Waals surface area contributed by atoms with Crippen LogP contribution in [0.25, 0.3) is 5.82 Å². The molecule has 2 aliphatic rings. The lowest BCUT2D eigenvalue weighted by molar-refractivity contribution is 0.102. The van der Waals surface area contributed by atoms with Crippen LogP contribution in [0, 0.1) is 5.92 Å². The Morgan fingerprint density at radius 2 is 1.94 bits per heavy atom. The fourth-order valence-electron chi connectivity index (χ4n) is 3.93. The highest BCUT2D eigenvalue weighted by Crippen LogP contribution is 2.32. The Hall–Kier alpha value is -3.62. The first kappa shape index (κ1) is 19.3. The lowest BCUT2D eigenvalue weighted by Gasteiger charge is -2.31. The Labute approximate surface area is 180 Å². The van der Waals surface area contributed by atoms with Crippen molar-refractivity contribution in [3.63, 3.8) is 0 Å². The first-order chi connectivity index (χ1) is 15.2. The summed E-state index contributed by atoms with van der Waals surface area (Å²) >= 11 is 0. The predicted molar refractivity (Wildman–Crippen MR) is 115 cm³/mol. The van der Waals surface area contributed by atoms with Crippen molar-refractivity contribution in [3.8, 4) is 17.3 Å². The summed E-state index contributed by atoms with van der Waals surface area (Å²) in [6, 6.07) is 7.24. The lowest BCUT2D eigenvalue weighted by Crippen LogP contribution is -2.34. The fraction of sp³-hybridized carbons (Fsp3) is 0.364. The Kier molecular flexibility index (Phi) is 5.15. The second-order valence-corrected chi connectivity index (χ2v) is 7.91. The van der Waals surface area contributed by atoms with Crippen LogP contribution in [0.1, 0.15) is 30.3 Å². The van der Waals surface area contributed by atoms with Crippen LogP contribution < -0.4 is 19.7 Å². The Morgan fingerprint density at radius 1 is 1.10 bits per heavy atom. The molecule has 0 radical (unpaired) electrons. The molecule has 5 rings (SSSR count). The molecule has 1 saturated heterocycles. The van der Waals surface area contributed by atoms with Crippen LogP contribution in [0.3, 0.4) is 0 Å². The van der Waals surface area contributed by atoms with Crippen molar-refractivity contribution in [2.75, 3.05) is 36.5 Å². The molecule has 0 aliphatic carbocycles. The van der Waals surface area contributed by atoms with Gasteiger partial charge in [-0.05, 0) is 30.9 Å². The predicted octanol–water partition coefficient (Wildman–Crippen LogP) is 2.92. The van der Waals surface area contributed by atoms with Crippen LogP contribution in [0.4, 0.5) is 11.5 Å². The van der Waals surface area contributed by atoms with Crippen LogP contribution in [-0.4, -0.2) is 51.7 Å². The highest BCUT2D eigenvalue weighted by Gasteiger charge is 2.19. The summed E-state index contributed by atoms with van der Waals surface area (Å²) in [6.07, 6.45) is 7.22. The second-order valence-electron chi connectivity index (χ2n) is 7.91. The molecule has 31 heavy (non-hydrogen) atoms. The Balaban J connectivity index is 1.31. The number of hydrogen-bond acceptors (Lipinski definition) is 7. The molecular weight excluding hydrogens is 396 g/mol. The normalized spacial score (nSPS) is 18.0. The van der Waals surface area contributed by atoms with Gasteiger partial charge in [0.15, 0.2) is 11.5 Å². The number of aromatic nitrogens is 4. The highest BCUT2D eigenvalue weighted by atomic mass is 16.6. The van der Waals surface area contributed by atoms with E-state index in [1.807, 2.05) is 6.07 Å². The number of anilines is 2. The van der Waals surface area contributed by atoms with E-state index in [0.717, 1.165) is 25.3 Å². The molecule has 0 spiro atoms. The molecule has 0 saturated carbocycles. The molecule has 1 fully saturated rings. The summed E-state index contributed by atoms with van der Waals surface area (Å²) in [5.74, 6) is 3.21. The Bertz CT molecular complexity index is 1100. The second kappa shape index (κ2) is 8.25. The number of hydrogen-bond donors (Lipinski definition) is 1. The quantitative estimate of drug-likeness (QED) is 0.693. The van der Waals surface area contributed by atoms with Crippen LogP contribution in [-0.2, 0) is 0 Å². The van der Waals surface area contributed by atoms with Crippen LogP contribution in [0.5, 0.6) is 11.5 Å². The molecule has 2 aromatic heterocycles. The molecule has 1 aromatic carbocycles. The number of ether oxygens (including phenoxy) is 2. The summed E-state index contributed by atoms with van der Waals surface area (Å²) in [7, 11) is 0. The van der Waals surface area contributed by atoms with Gasteiger partial charge in [-0.15, -0.1) is 0 Å². The van der Waals surface area contributed by atoms with E-state index in [0.29, 0.717) is 47.8 Å². The number of piperidine rings is 1. The first-order valence-electron chi connectivity index (χ1n) is 10.5. The number of imidazole rings is 1. The third-order valence-corrected chi connectivity index (χ3v) is 5.50. The van der Waals surface area contributed by atoms with Gasteiger partial charge < -0.3 is 19.7 Å². The van der Waals surface area contributed by atoms with E-state index >= 15 is 0 Å². The first-order valence-corrected chi connectivity index (χ1v) is 10.5. The molecule has 1 N–H and O–H groups in total. The van der Waals surface area contributed by atoms with Crippen molar-refractivity contribution < 1.29 is 14.3 Å². The standard InChI is InChI=1S/C22H24N6O3/c1-15-3-2-6-27(11-15)20-10-21(24-13-23-20)28-12-17(25-14-28)22(29)26-16-4-5-18-19(9-16)31-8-7-30-18/h4-5,9-10,12-15H,2-3,6-8,11H2,1H3,(H,26,29)/t15-/m0/s1. The summed E-state index contributed by atoms with van der Waals surface area (Å²) in [5.41, 5.74) is 0.911. The van der Waals surface area contributed by atoms with Crippen LogP contribution in [0.15, 0.2) is 43.1 Å². The van der Waals surface area contributed by atoms with Crippen LogP contribution >= 0.6 is 0 Å². The SMILES string of the molecule is C[C@H]1CCCN(c2cc(-n3cnc(C(=O)Nc4ccc5c(c4)OCCO5)c3)ncn2)C1. The van der Waals surface area contributed by atoms with E-state index in [2.05, 4.69) is 32.1 Å². The van der Waals surface area contributed by atoms with Gasteiger partial charge in [0.2, 0.25) is 0 Å². The van der Waals surface area contributed by atoms with Crippen molar-refractivity contribution in [3.05, 3.63) is 48.8 Å². The van der Waals surface area contributed by atoms with Gasteiger partial charge in [0.25, 0.3) is 5.91 Å². The van der Waals surface area contributed by atoms with Gasteiger partial charge in [0.1, 0.15) is 43.2 Å². The summed E-state index contributed by atoms with van der Waals surface area (Å²) in [5, 5.41) is 2.85. The molecule has 1 atom stereocenters. The van der Waals surface area contributed by atoms with Crippen molar-refractivity contribution in [1.29, 1.82) is 0 Å². The summed E-state index contributed by atoms with van der Waals surface area (Å²) in [6.45, 7) is 5.26. The molecule has 0 bridgehead atoms. The maximum Gasteiger partial charge on any atom is 0.275 e. The molecular formula is C22H24N6O3. The van der Waals surface area contributed by atoms with Crippen molar-refractivity contribution in [2.45, 2.75) is 19.8 Å². The van der Waals surface area contributed by atoms with Crippen LogP contribution in [0.2, 0.25) is 0 Å². The van der Waals surface area contributed by atoms with Gasteiger partial charge in [-0.1, -0.05) is 6.92 Å². The van der Waals surface area contributed by atoms with E-state index in [-0.39, 0.29) is 5.91 Å². The van der Waals surface area contributed by atoms with E-state index in [1.165, 1.54) is 6.42 Å². The highest BCUT2D eigenvalue weighted by molar-refractivity contribution is 6.02. The third-order valence-electron chi connectivity index (χ3n) is 5.50. The summed E-state index contributed by atoms with van der Waals surface area (Å²) in [4.78, 5) is 28.0. The van der Waals surface area contributed by atoms with Gasteiger partial charge in [0, 0.05) is 37.1 Å². The van der Waals surface area contributed by atoms with E-state index in [9.17, 15) is 4.79 Å². The zero-order valence-electron chi connectivity index (χ0n) is 17.3. The number of amides is 1. The minimum atomic E-state index is -0.311. The molecule has 4 heterocycles. The van der Waals surface area contributed by atoms with Gasteiger partial charge in [-0.2, -0.15) is 0 Å². The smallest absolute Gasteiger partial charge is 0.275 e. The molecule has 3 aromatic rings. The van der Waals surface area contributed by atoms with Gasteiger partial charge in [-0.25, -0.2) is 15.0 Å². The number of rotatable bonds is 4. The van der Waals surface area contributed by atoms with Gasteiger partial charge >= 0.3 is 0 Å². The van der Waals surface area contributed by atoms with E-state index in [4.69, 9.17) is 9.47 Å². The number of fused-ring (bicyclic) bond motifs is 1. The molecule has 160 valence electrons. The minimum absolute atomic E-state index is 0.293. The van der Waals surface area contributed by atoms with Crippen molar-refractivity contribution >= 4 is 17.4 Å². The zero-order valence-corrected chi connectivity index (χ0v) is 17.3. The van der Waals surface area contributed by atoms with Crippen molar-refractivity contribution in [2.24, 2.45) is 5.92 Å². The number of carbonyl (C=O) groups is 1. The molecule has 9 heteroatoms. The topological polar surface area (TPSA) is 94.4 Å². The zero-order chi connectivity index (χ0) is 21.2. The Morgan fingerprint density at radius 3 is 2.81 bits per heavy atom. The maximum absolute atomic E-state index is 12.7. The average molecular weight is 420 g/mol. The maximum atomic E-state index is 12.7. The number of nitrogens with one attached hydrogen (secondary N) is 1. The molecule has 0 unspecified atom stereocenters. The lowest BCUT2D eigenvalue weighted by atomic mass is 10.0. The molecule has 9 nitrogen and oxygen atoms in total. The minimum Gasteiger partial charge on any atom is -0.486 e. The number of nitrogens with zero attached hydrogens (tertiary/aromatic N) is 5. The van der Waals surface area contributed by atoms with E-state index in [1.54, 1.807) is 41.6 Å². The monoisotopic (exact) mass is 420 g/mol. The van der Waals surface area contributed by atoms with E-state index < -0.39 is 0 Å². The van der Waals surface area contributed by atoms with Crippen molar-refractivity contribution in [1.82, 2.24) is 19.5 Å². The molecule has 1 amide bonds. The largest absolute Gasteiger partial charge is 0.486 e. The number of benzene rings is 1.